The first-order valence-corrected chi connectivity index (χ1v) is 7.10. The molecule has 7 heteroatoms. The maximum absolute atomic E-state index is 11.1. The molecule has 0 amide bonds. The van der Waals surface area contributed by atoms with Gasteiger partial charge in [0.2, 0.25) is 11.8 Å². The van der Waals surface area contributed by atoms with Crippen LogP contribution in [0.4, 0.5) is 17.5 Å². The SMILES string of the molecule is CCCCCCNc1nc(NCC)nc(C)c1[N+](=O)[O-]. The maximum atomic E-state index is 11.1. The molecule has 0 unspecified atom stereocenters. The van der Waals surface area contributed by atoms with Crippen molar-refractivity contribution in [2.75, 3.05) is 23.7 Å². The predicted octanol–water partition coefficient (Wildman–Crippen LogP) is 3.12. The Morgan fingerprint density at radius 2 is 1.90 bits per heavy atom. The van der Waals surface area contributed by atoms with Crippen LogP contribution in [0.1, 0.15) is 45.2 Å². The molecule has 0 saturated heterocycles. The first-order valence-electron chi connectivity index (χ1n) is 7.10. The number of hydrogen-bond acceptors (Lipinski definition) is 6. The number of rotatable bonds is 9. The first kappa shape index (κ1) is 16.1. The average molecular weight is 281 g/mol. The van der Waals surface area contributed by atoms with Crippen LogP contribution < -0.4 is 10.6 Å². The lowest BCUT2D eigenvalue weighted by Crippen LogP contribution is -2.11. The fourth-order valence-electron chi connectivity index (χ4n) is 1.90. The van der Waals surface area contributed by atoms with Gasteiger partial charge in [0.15, 0.2) is 0 Å². The Hall–Kier alpha value is -1.92. The Labute approximate surface area is 119 Å². The van der Waals surface area contributed by atoms with Gasteiger partial charge in [0.05, 0.1) is 4.92 Å². The highest BCUT2D eigenvalue weighted by Gasteiger charge is 2.21. The van der Waals surface area contributed by atoms with Crippen molar-refractivity contribution in [2.45, 2.75) is 46.5 Å². The molecule has 0 fully saturated rings. The Morgan fingerprint density at radius 3 is 2.50 bits per heavy atom. The molecule has 0 saturated carbocycles. The largest absolute Gasteiger partial charge is 0.364 e. The molecule has 0 radical (unpaired) electrons. The Morgan fingerprint density at radius 1 is 1.15 bits per heavy atom. The third kappa shape index (κ3) is 4.64. The summed E-state index contributed by atoms with van der Waals surface area (Å²) in [7, 11) is 0. The normalized spacial score (nSPS) is 10.3. The minimum Gasteiger partial charge on any atom is -0.364 e. The summed E-state index contributed by atoms with van der Waals surface area (Å²) in [5.74, 6) is 0.724. The summed E-state index contributed by atoms with van der Waals surface area (Å²) in [6.07, 6.45) is 4.43. The van der Waals surface area contributed by atoms with Crippen molar-refractivity contribution < 1.29 is 4.92 Å². The monoisotopic (exact) mass is 281 g/mol. The van der Waals surface area contributed by atoms with E-state index in [1.807, 2.05) is 6.92 Å². The lowest BCUT2D eigenvalue weighted by atomic mass is 10.2. The van der Waals surface area contributed by atoms with Crippen molar-refractivity contribution in [3.63, 3.8) is 0 Å². The molecule has 0 aliphatic heterocycles. The van der Waals surface area contributed by atoms with Gasteiger partial charge < -0.3 is 10.6 Å². The van der Waals surface area contributed by atoms with Crippen LogP contribution in [0, 0.1) is 17.0 Å². The second-order valence-corrected chi connectivity index (χ2v) is 4.60. The van der Waals surface area contributed by atoms with Gasteiger partial charge in [0.1, 0.15) is 5.69 Å². The van der Waals surface area contributed by atoms with Gasteiger partial charge in [-0.1, -0.05) is 26.2 Å². The molecule has 0 bridgehead atoms. The minimum absolute atomic E-state index is 0.0397. The van der Waals surface area contributed by atoms with Crippen molar-refractivity contribution in [3.8, 4) is 0 Å². The van der Waals surface area contributed by atoms with E-state index >= 15 is 0 Å². The Kier molecular flexibility index (Phi) is 6.69. The molecule has 0 aromatic carbocycles. The number of aryl methyl sites for hydroxylation is 1. The highest BCUT2D eigenvalue weighted by atomic mass is 16.6. The van der Waals surface area contributed by atoms with E-state index in [4.69, 9.17) is 0 Å². The smallest absolute Gasteiger partial charge is 0.332 e. The Bertz CT molecular complexity index is 451. The quantitative estimate of drug-likeness (QED) is 0.410. The van der Waals surface area contributed by atoms with E-state index in [1.165, 1.54) is 6.42 Å². The van der Waals surface area contributed by atoms with Gasteiger partial charge in [-0.15, -0.1) is 0 Å². The van der Waals surface area contributed by atoms with Crippen LogP contribution in [0.2, 0.25) is 0 Å². The summed E-state index contributed by atoms with van der Waals surface area (Å²) in [5, 5.41) is 17.2. The average Bonchev–Trinajstić information content (AvgIpc) is 2.38. The topological polar surface area (TPSA) is 93.0 Å². The summed E-state index contributed by atoms with van der Waals surface area (Å²) in [6.45, 7) is 7.06. The van der Waals surface area contributed by atoms with E-state index in [2.05, 4.69) is 27.5 Å². The van der Waals surface area contributed by atoms with E-state index < -0.39 is 4.92 Å². The summed E-state index contributed by atoms with van der Waals surface area (Å²) >= 11 is 0. The fourth-order valence-corrected chi connectivity index (χ4v) is 1.90. The van der Waals surface area contributed by atoms with E-state index in [-0.39, 0.29) is 5.69 Å². The van der Waals surface area contributed by atoms with Gasteiger partial charge in [-0.3, -0.25) is 10.1 Å². The second-order valence-electron chi connectivity index (χ2n) is 4.60. The maximum Gasteiger partial charge on any atom is 0.332 e. The van der Waals surface area contributed by atoms with E-state index in [0.29, 0.717) is 30.5 Å². The third-order valence-corrected chi connectivity index (χ3v) is 2.90. The van der Waals surface area contributed by atoms with E-state index in [1.54, 1.807) is 6.92 Å². The van der Waals surface area contributed by atoms with Gasteiger partial charge in [0.25, 0.3) is 0 Å². The summed E-state index contributed by atoms with van der Waals surface area (Å²) in [4.78, 5) is 19.0. The van der Waals surface area contributed by atoms with Crippen LogP contribution >= 0.6 is 0 Å². The summed E-state index contributed by atoms with van der Waals surface area (Å²) in [5.41, 5.74) is 0.333. The van der Waals surface area contributed by atoms with E-state index in [9.17, 15) is 10.1 Å². The van der Waals surface area contributed by atoms with Gasteiger partial charge in [-0.25, -0.2) is 4.98 Å². The second kappa shape index (κ2) is 8.29. The van der Waals surface area contributed by atoms with Gasteiger partial charge in [-0.2, -0.15) is 4.98 Å². The molecule has 7 nitrogen and oxygen atoms in total. The summed E-state index contributed by atoms with van der Waals surface area (Å²) in [6, 6.07) is 0. The van der Waals surface area contributed by atoms with Crippen LogP contribution in [-0.2, 0) is 0 Å². The molecule has 1 aromatic heterocycles. The number of hydrogen-bond donors (Lipinski definition) is 2. The zero-order valence-corrected chi connectivity index (χ0v) is 12.4. The lowest BCUT2D eigenvalue weighted by Gasteiger charge is -2.10. The molecule has 0 atom stereocenters. The number of nitrogens with zero attached hydrogens (tertiary/aromatic N) is 3. The van der Waals surface area contributed by atoms with Crippen LogP contribution in [0.15, 0.2) is 0 Å². The first-order chi connectivity index (χ1) is 9.60. The zero-order valence-electron chi connectivity index (χ0n) is 12.4. The fraction of sp³-hybridized carbons (Fsp3) is 0.692. The number of nitro groups is 1. The van der Waals surface area contributed by atoms with Crippen molar-refractivity contribution >= 4 is 17.5 Å². The number of unbranched alkanes of at least 4 members (excludes halogenated alkanes) is 3. The van der Waals surface area contributed by atoms with Crippen molar-refractivity contribution in [3.05, 3.63) is 15.8 Å². The third-order valence-electron chi connectivity index (χ3n) is 2.90. The number of aromatic nitrogens is 2. The van der Waals surface area contributed by atoms with Gasteiger partial charge in [0, 0.05) is 13.1 Å². The van der Waals surface area contributed by atoms with E-state index in [0.717, 1.165) is 19.3 Å². The Balaban J connectivity index is 2.81. The van der Waals surface area contributed by atoms with Crippen LogP contribution in [0.5, 0.6) is 0 Å². The minimum atomic E-state index is -0.431. The molecular formula is C13H23N5O2. The summed E-state index contributed by atoms with van der Waals surface area (Å²) < 4.78 is 0. The van der Waals surface area contributed by atoms with Gasteiger partial charge >= 0.3 is 5.69 Å². The molecule has 0 spiro atoms. The van der Waals surface area contributed by atoms with Crippen molar-refractivity contribution in [2.24, 2.45) is 0 Å². The molecule has 2 N–H and O–H groups in total. The zero-order chi connectivity index (χ0) is 15.0. The molecule has 1 aromatic rings. The molecule has 112 valence electrons. The molecular weight excluding hydrogens is 258 g/mol. The van der Waals surface area contributed by atoms with Crippen LogP contribution in [0.3, 0.4) is 0 Å². The van der Waals surface area contributed by atoms with Crippen molar-refractivity contribution in [1.29, 1.82) is 0 Å². The number of anilines is 2. The van der Waals surface area contributed by atoms with Crippen molar-refractivity contribution in [1.82, 2.24) is 9.97 Å². The van der Waals surface area contributed by atoms with Gasteiger partial charge in [-0.05, 0) is 20.3 Å². The van der Waals surface area contributed by atoms with Crippen LogP contribution in [0.25, 0.3) is 0 Å². The molecule has 1 heterocycles. The molecule has 20 heavy (non-hydrogen) atoms. The number of nitrogens with one attached hydrogen (secondary N) is 2. The predicted molar refractivity (Wildman–Crippen MR) is 80.2 cm³/mol. The standard InChI is InChI=1S/C13H23N5O2/c1-4-6-7-8-9-15-12-11(18(19)20)10(3)16-13(17-12)14-5-2/h4-9H2,1-3H3,(H2,14,15,16,17). The molecule has 1 rings (SSSR count). The highest BCUT2D eigenvalue weighted by molar-refractivity contribution is 5.60. The lowest BCUT2D eigenvalue weighted by molar-refractivity contribution is -0.385. The molecule has 0 aliphatic carbocycles. The molecule has 0 aliphatic rings. The van der Waals surface area contributed by atoms with Crippen LogP contribution in [-0.4, -0.2) is 28.0 Å². The highest BCUT2D eigenvalue weighted by Crippen LogP contribution is 2.26.